The van der Waals surface area contributed by atoms with E-state index in [1.165, 1.54) is 0 Å². The van der Waals surface area contributed by atoms with Gasteiger partial charge in [-0.2, -0.15) is 15.8 Å². The van der Waals surface area contributed by atoms with Crippen LogP contribution in [-0.2, 0) is 9.47 Å². The lowest BCUT2D eigenvalue weighted by Gasteiger charge is -2.50. The van der Waals surface area contributed by atoms with Crippen molar-refractivity contribution in [2.75, 3.05) is 0 Å². The smallest absolute Gasteiger partial charge is 0.218 e. The van der Waals surface area contributed by atoms with Gasteiger partial charge in [-0.3, -0.25) is 5.41 Å². The summed E-state index contributed by atoms with van der Waals surface area (Å²) in [5.74, 6) is -2.64. The van der Waals surface area contributed by atoms with Gasteiger partial charge in [0.05, 0.1) is 30.2 Å². The molecule has 0 spiro atoms. The molecule has 2 fully saturated rings. The molecule has 2 aliphatic heterocycles. The molecule has 0 aliphatic carbocycles. The normalized spacial score (nSPS) is 35.3. The third kappa shape index (κ3) is 1.82. The van der Waals surface area contributed by atoms with Crippen LogP contribution in [0.4, 0.5) is 0 Å². The maximum atomic E-state index is 10.2. The lowest BCUT2D eigenvalue weighted by atomic mass is 9.52. The van der Waals surface area contributed by atoms with Crippen LogP contribution in [0.25, 0.3) is 0 Å². The fourth-order valence-electron chi connectivity index (χ4n) is 4.30. The molecule has 3 rings (SSSR count). The molecule has 1 aromatic rings. The topological polar surface area (TPSA) is 114 Å². The Kier molecular flexibility index (Phi) is 3.60. The molecule has 6 nitrogen and oxygen atoms in total. The Morgan fingerprint density at radius 3 is 2.16 bits per heavy atom. The second-order valence-corrected chi connectivity index (χ2v) is 7.02. The van der Waals surface area contributed by atoms with E-state index in [1.54, 1.807) is 19.1 Å². The van der Waals surface area contributed by atoms with E-state index in [2.05, 4.69) is 6.07 Å². The standard InChI is InChI=1S/C19H18N4O2/c1-12(2)15-18(9-20,10-21)19(11-22)14(13-7-5-4-6-8-13)17(3,24-15)25-16(19)23/h4-8,12,14-15,23H,1-3H3. The van der Waals surface area contributed by atoms with Crippen LogP contribution in [0.3, 0.4) is 0 Å². The fourth-order valence-corrected chi connectivity index (χ4v) is 4.30. The molecule has 4 atom stereocenters. The van der Waals surface area contributed by atoms with Crippen LogP contribution >= 0.6 is 0 Å². The molecule has 2 saturated heterocycles. The van der Waals surface area contributed by atoms with Crippen LogP contribution < -0.4 is 0 Å². The van der Waals surface area contributed by atoms with Crippen molar-refractivity contribution in [3.63, 3.8) is 0 Å². The van der Waals surface area contributed by atoms with Gasteiger partial charge in [0, 0.05) is 6.92 Å². The Bertz CT molecular complexity index is 831. The van der Waals surface area contributed by atoms with Crippen LogP contribution in [0.1, 0.15) is 32.3 Å². The van der Waals surface area contributed by atoms with Crippen molar-refractivity contribution < 1.29 is 9.47 Å². The first-order valence-corrected chi connectivity index (χ1v) is 8.07. The minimum atomic E-state index is -1.84. The zero-order valence-corrected chi connectivity index (χ0v) is 14.3. The molecular weight excluding hydrogens is 316 g/mol. The summed E-state index contributed by atoms with van der Waals surface area (Å²) in [5.41, 5.74) is -2.88. The minimum Gasteiger partial charge on any atom is -0.447 e. The van der Waals surface area contributed by atoms with Gasteiger partial charge in [0.2, 0.25) is 11.7 Å². The van der Waals surface area contributed by atoms with E-state index in [0.29, 0.717) is 5.56 Å². The molecule has 1 N–H and O–H groups in total. The van der Waals surface area contributed by atoms with Gasteiger partial charge in [-0.25, -0.2) is 0 Å². The average Bonchev–Trinajstić information content (AvgIpc) is 2.79. The van der Waals surface area contributed by atoms with E-state index in [-0.39, 0.29) is 11.8 Å². The zero-order valence-electron chi connectivity index (χ0n) is 14.3. The van der Waals surface area contributed by atoms with Crippen molar-refractivity contribution in [2.45, 2.75) is 38.6 Å². The predicted molar refractivity (Wildman–Crippen MR) is 87.8 cm³/mol. The largest absolute Gasteiger partial charge is 0.447 e. The van der Waals surface area contributed by atoms with E-state index < -0.39 is 28.6 Å². The summed E-state index contributed by atoms with van der Waals surface area (Å²) >= 11 is 0. The van der Waals surface area contributed by atoms with Crippen LogP contribution in [0, 0.1) is 56.2 Å². The Hall–Kier alpha value is -2.88. The van der Waals surface area contributed by atoms with Gasteiger partial charge in [-0.05, 0) is 11.5 Å². The molecule has 0 amide bonds. The summed E-state index contributed by atoms with van der Waals surface area (Å²) in [6.45, 7) is 5.33. The molecule has 0 aromatic heterocycles. The molecule has 0 saturated carbocycles. The summed E-state index contributed by atoms with van der Waals surface area (Å²) in [4.78, 5) is 0. The number of ether oxygens (including phenoxy) is 2. The molecule has 2 bridgehead atoms. The van der Waals surface area contributed by atoms with Gasteiger partial charge in [-0.15, -0.1) is 0 Å². The van der Waals surface area contributed by atoms with E-state index in [0.717, 1.165) is 0 Å². The highest BCUT2D eigenvalue weighted by atomic mass is 16.7. The third-order valence-corrected chi connectivity index (χ3v) is 5.30. The van der Waals surface area contributed by atoms with E-state index >= 15 is 0 Å². The Balaban J connectivity index is 2.38. The number of hydrogen-bond acceptors (Lipinski definition) is 6. The van der Waals surface area contributed by atoms with Crippen molar-refractivity contribution in [3.05, 3.63) is 35.9 Å². The lowest BCUT2D eigenvalue weighted by Crippen LogP contribution is -2.62. The second-order valence-electron chi connectivity index (χ2n) is 7.02. The number of hydrogen-bond donors (Lipinski definition) is 1. The molecule has 0 radical (unpaired) electrons. The summed E-state index contributed by atoms with van der Waals surface area (Å²) in [5, 5.41) is 38.5. The fraction of sp³-hybridized carbons (Fsp3) is 0.474. The highest BCUT2D eigenvalue weighted by molar-refractivity contribution is 5.90. The first-order valence-electron chi connectivity index (χ1n) is 8.07. The SMILES string of the molecule is CC(C)C1OC2(C)OC(=N)C(C#N)(C2c2ccccc2)C1(C#N)C#N. The summed E-state index contributed by atoms with van der Waals surface area (Å²) < 4.78 is 11.8. The quantitative estimate of drug-likeness (QED) is 0.892. The Morgan fingerprint density at radius 2 is 1.68 bits per heavy atom. The lowest BCUT2D eigenvalue weighted by molar-refractivity contribution is -0.260. The molecule has 1 aromatic carbocycles. The van der Waals surface area contributed by atoms with Crippen molar-refractivity contribution in [3.8, 4) is 18.2 Å². The summed E-state index contributed by atoms with van der Waals surface area (Å²) in [6.07, 6.45) is -0.852. The number of rotatable bonds is 2. The second kappa shape index (κ2) is 5.31. The summed E-state index contributed by atoms with van der Waals surface area (Å²) in [7, 11) is 0. The molecule has 2 aliphatic rings. The van der Waals surface area contributed by atoms with Gasteiger partial charge in [0.1, 0.15) is 0 Å². The van der Waals surface area contributed by atoms with Crippen LogP contribution in [0.15, 0.2) is 30.3 Å². The first-order chi connectivity index (χ1) is 11.8. The van der Waals surface area contributed by atoms with Gasteiger partial charge in [0.25, 0.3) is 0 Å². The third-order valence-electron chi connectivity index (χ3n) is 5.30. The van der Waals surface area contributed by atoms with Gasteiger partial charge in [-0.1, -0.05) is 44.2 Å². The molecule has 4 unspecified atom stereocenters. The van der Waals surface area contributed by atoms with E-state index in [9.17, 15) is 15.8 Å². The van der Waals surface area contributed by atoms with E-state index in [4.69, 9.17) is 14.9 Å². The number of nitrogens with one attached hydrogen (secondary N) is 1. The highest BCUT2D eigenvalue weighted by Crippen LogP contribution is 2.66. The van der Waals surface area contributed by atoms with E-state index in [1.807, 2.05) is 44.2 Å². The predicted octanol–water partition coefficient (Wildman–Crippen LogP) is 3.09. The monoisotopic (exact) mass is 334 g/mol. The molecule has 126 valence electrons. The number of nitrogens with zero attached hydrogens (tertiary/aromatic N) is 3. The van der Waals surface area contributed by atoms with Crippen molar-refractivity contribution >= 4 is 5.90 Å². The van der Waals surface area contributed by atoms with Crippen molar-refractivity contribution in [1.29, 1.82) is 21.2 Å². The molecule has 25 heavy (non-hydrogen) atoms. The molecular formula is C19H18N4O2. The molecule has 2 heterocycles. The minimum absolute atomic E-state index is 0.211. The Labute approximate surface area is 146 Å². The van der Waals surface area contributed by atoms with Crippen molar-refractivity contribution in [2.24, 2.45) is 16.7 Å². The maximum absolute atomic E-state index is 10.2. The number of fused-ring (bicyclic) bond motifs is 2. The number of benzene rings is 1. The van der Waals surface area contributed by atoms with Gasteiger partial charge in [0.15, 0.2) is 10.8 Å². The number of nitriles is 3. The molecule has 6 heteroatoms. The maximum Gasteiger partial charge on any atom is 0.218 e. The first kappa shape index (κ1) is 17.0. The Morgan fingerprint density at radius 1 is 1.08 bits per heavy atom. The van der Waals surface area contributed by atoms with Crippen LogP contribution in [0.2, 0.25) is 0 Å². The van der Waals surface area contributed by atoms with Gasteiger partial charge < -0.3 is 9.47 Å². The van der Waals surface area contributed by atoms with Crippen molar-refractivity contribution in [1.82, 2.24) is 0 Å². The zero-order chi connectivity index (χ0) is 18.5. The summed E-state index contributed by atoms with van der Waals surface area (Å²) in [6, 6.07) is 15.3. The van der Waals surface area contributed by atoms with Crippen LogP contribution in [-0.4, -0.2) is 17.8 Å². The van der Waals surface area contributed by atoms with Crippen LogP contribution in [0.5, 0.6) is 0 Å². The highest BCUT2D eigenvalue weighted by Gasteiger charge is 2.79. The average molecular weight is 334 g/mol. The van der Waals surface area contributed by atoms with Gasteiger partial charge >= 0.3 is 0 Å².